The maximum atomic E-state index is 5.40. The van der Waals surface area contributed by atoms with E-state index < -0.39 is 0 Å². The van der Waals surface area contributed by atoms with Crippen molar-refractivity contribution < 1.29 is 9.47 Å². The molecule has 1 N–H and O–H groups in total. The Balaban J connectivity index is 2.94. The average Bonchev–Trinajstić information content (AvgIpc) is 2.15. The molecular weight excluding hydrogens is 218 g/mol. The summed E-state index contributed by atoms with van der Waals surface area (Å²) in [4.78, 5) is 8.61. The van der Waals surface area contributed by atoms with Crippen LogP contribution >= 0.6 is 0 Å². The molecule has 0 aromatic carbocycles. The summed E-state index contributed by atoms with van der Waals surface area (Å²) in [5, 5.41) is 3.29. The molecule has 0 aliphatic carbocycles. The highest BCUT2D eigenvalue weighted by atomic mass is 16.5. The van der Waals surface area contributed by atoms with Gasteiger partial charge in [-0.05, 0) is 27.7 Å². The van der Waals surface area contributed by atoms with E-state index in [2.05, 4.69) is 36.1 Å². The third-order valence-electron chi connectivity index (χ3n) is 1.82. The second-order valence-corrected chi connectivity index (χ2v) is 4.75. The molecule has 1 aromatic heterocycles. The molecule has 0 atom stereocenters. The Hall–Kier alpha value is -1.36. The van der Waals surface area contributed by atoms with Crippen molar-refractivity contribution >= 4 is 5.82 Å². The summed E-state index contributed by atoms with van der Waals surface area (Å²) in [6.07, 6.45) is 0. The van der Waals surface area contributed by atoms with Gasteiger partial charge in [-0.1, -0.05) is 0 Å². The smallest absolute Gasteiger partial charge is 0.218 e. The summed E-state index contributed by atoms with van der Waals surface area (Å²) in [5.74, 6) is 1.94. The summed E-state index contributed by atoms with van der Waals surface area (Å²) in [5.41, 5.74) is -0.0534. The highest BCUT2D eigenvalue weighted by Crippen LogP contribution is 2.17. The Morgan fingerprint density at radius 1 is 1.29 bits per heavy atom. The molecule has 0 aliphatic rings. The molecule has 5 heteroatoms. The minimum Gasteiger partial charge on any atom is -0.478 e. The van der Waals surface area contributed by atoms with Gasteiger partial charge in [0.15, 0.2) is 5.82 Å². The molecule has 1 rings (SSSR count). The molecule has 5 nitrogen and oxygen atoms in total. The number of nitrogens with one attached hydrogen (secondary N) is 1. The van der Waals surface area contributed by atoms with E-state index in [9.17, 15) is 0 Å². The van der Waals surface area contributed by atoms with E-state index >= 15 is 0 Å². The van der Waals surface area contributed by atoms with Crippen molar-refractivity contribution in [2.45, 2.75) is 39.8 Å². The number of methoxy groups -OCH3 is 1. The van der Waals surface area contributed by atoms with Crippen molar-refractivity contribution in [2.24, 2.45) is 0 Å². The Kier molecular flexibility index (Phi) is 4.69. The summed E-state index contributed by atoms with van der Waals surface area (Å²) >= 11 is 0. The van der Waals surface area contributed by atoms with Crippen LogP contribution in [0.4, 0.5) is 5.82 Å². The van der Waals surface area contributed by atoms with Crippen LogP contribution in [0.1, 0.15) is 33.5 Å². The SMILES string of the molecule is CCOc1cc(NC(C)(C)C)nc(COC)n1. The van der Waals surface area contributed by atoms with Crippen LogP contribution in [0, 0.1) is 0 Å². The van der Waals surface area contributed by atoms with Crippen molar-refractivity contribution in [1.82, 2.24) is 9.97 Å². The predicted molar refractivity (Wildman–Crippen MR) is 67.3 cm³/mol. The van der Waals surface area contributed by atoms with Crippen LogP contribution in [0.5, 0.6) is 5.88 Å². The lowest BCUT2D eigenvalue weighted by molar-refractivity contribution is 0.176. The fraction of sp³-hybridized carbons (Fsp3) is 0.667. The molecule has 0 radical (unpaired) electrons. The lowest BCUT2D eigenvalue weighted by atomic mass is 10.1. The highest BCUT2D eigenvalue weighted by molar-refractivity contribution is 5.40. The molecule has 0 spiro atoms. The van der Waals surface area contributed by atoms with E-state index in [0.717, 1.165) is 5.82 Å². The molecule has 0 bridgehead atoms. The fourth-order valence-electron chi connectivity index (χ4n) is 1.34. The van der Waals surface area contributed by atoms with Gasteiger partial charge < -0.3 is 14.8 Å². The summed E-state index contributed by atoms with van der Waals surface area (Å²) in [6.45, 7) is 9.11. The van der Waals surface area contributed by atoms with E-state index in [-0.39, 0.29) is 5.54 Å². The van der Waals surface area contributed by atoms with Gasteiger partial charge in [0.05, 0.1) is 6.61 Å². The van der Waals surface area contributed by atoms with E-state index in [0.29, 0.717) is 24.9 Å². The van der Waals surface area contributed by atoms with Crippen molar-refractivity contribution in [3.63, 3.8) is 0 Å². The quantitative estimate of drug-likeness (QED) is 0.854. The largest absolute Gasteiger partial charge is 0.478 e. The number of ether oxygens (including phenoxy) is 2. The van der Waals surface area contributed by atoms with Crippen molar-refractivity contribution in [3.8, 4) is 5.88 Å². The summed E-state index contributed by atoms with van der Waals surface area (Å²) < 4.78 is 10.4. The second kappa shape index (κ2) is 5.82. The molecule has 96 valence electrons. The number of aromatic nitrogens is 2. The maximum absolute atomic E-state index is 5.40. The topological polar surface area (TPSA) is 56.3 Å². The van der Waals surface area contributed by atoms with Gasteiger partial charge in [-0.3, -0.25) is 0 Å². The van der Waals surface area contributed by atoms with Crippen LogP contribution < -0.4 is 10.1 Å². The zero-order valence-corrected chi connectivity index (χ0v) is 11.2. The molecule has 1 aromatic rings. The molecule has 0 fully saturated rings. The van der Waals surface area contributed by atoms with Crippen LogP contribution in [0.25, 0.3) is 0 Å². The van der Waals surface area contributed by atoms with E-state index in [1.54, 1.807) is 13.2 Å². The fourth-order valence-corrected chi connectivity index (χ4v) is 1.34. The van der Waals surface area contributed by atoms with Crippen molar-refractivity contribution in [1.29, 1.82) is 0 Å². The van der Waals surface area contributed by atoms with Crippen LogP contribution in [-0.2, 0) is 11.3 Å². The number of anilines is 1. The first kappa shape index (κ1) is 13.7. The third-order valence-corrected chi connectivity index (χ3v) is 1.82. The lowest BCUT2D eigenvalue weighted by Gasteiger charge is -2.21. The number of nitrogens with zero attached hydrogens (tertiary/aromatic N) is 2. The lowest BCUT2D eigenvalue weighted by Crippen LogP contribution is -2.27. The highest BCUT2D eigenvalue weighted by Gasteiger charge is 2.12. The molecule has 0 amide bonds. The molecular formula is C12H21N3O2. The molecule has 17 heavy (non-hydrogen) atoms. The van der Waals surface area contributed by atoms with E-state index in [1.807, 2.05) is 6.92 Å². The Morgan fingerprint density at radius 2 is 2.00 bits per heavy atom. The Morgan fingerprint density at radius 3 is 2.53 bits per heavy atom. The van der Waals surface area contributed by atoms with Gasteiger partial charge in [-0.25, -0.2) is 4.98 Å². The van der Waals surface area contributed by atoms with Gasteiger partial charge in [0.2, 0.25) is 5.88 Å². The Bertz CT molecular complexity index is 337. The first-order valence-electron chi connectivity index (χ1n) is 5.72. The number of hydrogen-bond donors (Lipinski definition) is 1. The zero-order chi connectivity index (χ0) is 12.9. The number of rotatable bonds is 5. The summed E-state index contributed by atoms with van der Waals surface area (Å²) in [7, 11) is 1.62. The maximum Gasteiger partial charge on any atom is 0.218 e. The minimum absolute atomic E-state index is 0.0534. The number of hydrogen-bond acceptors (Lipinski definition) is 5. The summed E-state index contributed by atoms with van der Waals surface area (Å²) in [6, 6.07) is 1.80. The first-order chi connectivity index (χ1) is 7.94. The normalized spacial score (nSPS) is 11.4. The van der Waals surface area contributed by atoms with Gasteiger partial charge in [0.1, 0.15) is 12.4 Å². The molecule has 1 heterocycles. The standard InChI is InChI=1S/C12H21N3O2/c1-6-17-11-7-9(15-12(2,3)4)13-10(14-11)8-16-5/h7H,6,8H2,1-5H3,(H,13,14,15). The van der Waals surface area contributed by atoms with Crippen molar-refractivity contribution in [2.75, 3.05) is 19.0 Å². The van der Waals surface area contributed by atoms with Crippen LogP contribution in [0.2, 0.25) is 0 Å². The molecule has 0 saturated heterocycles. The molecule has 0 aliphatic heterocycles. The van der Waals surface area contributed by atoms with Gasteiger partial charge >= 0.3 is 0 Å². The molecule has 0 saturated carbocycles. The minimum atomic E-state index is -0.0534. The Labute approximate surface area is 103 Å². The molecule has 0 unspecified atom stereocenters. The van der Waals surface area contributed by atoms with Gasteiger partial charge in [-0.15, -0.1) is 0 Å². The van der Waals surface area contributed by atoms with Gasteiger partial charge in [-0.2, -0.15) is 4.98 Å². The van der Waals surface area contributed by atoms with Crippen LogP contribution in [0.3, 0.4) is 0 Å². The van der Waals surface area contributed by atoms with Crippen molar-refractivity contribution in [3.05, 3.63) is 11.9 Å². The van der Waals surface area contributed by atoms with Crippen LogP contribution in [-0.4, -0.2) is 29.2 Å². The van der Waals surface area contributed by atoms with Gasteiger partial charge in [0.25, 0.3) is 0 Å². The van der Waals surface area contributed by atoms with Gasteiger partial charge in [0, 0.05) is 18.7 Å². The monoisotopic (exact) mass is 239 g/mol. The third kappa shape index (κ3) is 4.99. The van der Waals surface area contributed by atoms with E-state index in [4.69, 9.17) is 9.47 Å². The average molecular weight is 239 g/mol. The predicted octanol–water partition coefficient (Wildman–Crippen LogP) is 2.23. The van der Waals surface area contributed by atoms with Crippen LogP contribution in [0.15, 0.2) is 6.07 Å². The second-order valence-electron chi connectivity index (χ2n) is 4.75. The first-order valence-corrected chi connectivity index (χ1v) is 5.72. The van der Waals surface area contributed by atoms with E-state index in [1.165, 1.54) is 0 Å². The zero-order valence-electron chi connectivity index (χ0n) is 11.2.